The maximum absolute atomic E-state index is 13.3. The highest BCUT2D eigenvalue weighted by Crippen LogP contribution is 2.36. The molecule has 3 aromatic rings. The Balaban J connectivity index is 1.59. The van der Waals surface area contributed by atoms with Gasteiger partial charge in [0.25, 0.3) is 5.56 Å². The van der Waals surface area contributed by atoms with Crippen LogP contribution in [0, 0.1) is 0 Å². The monoisotopic (exact) mass is 446 g/mol. The molecule has 1 unspecified atom stereocenters. The van der Waals surface area contributed by atoms with Crippen LogP contribution >= 0.6 is 0 Å². The van der Waals surface area contributed by atoms with Gasteiger partial charge < -0.3 is 15.2 Å². The van der Waals surface area contributed by atoms with Gasteiger partial charge in [-0.3, -0.25) is 9.36 Å². The van der Waals surface area contributed by atoms with E-state index in [1.54, 1.807) is 4.57 Å². The van der Waals surface area contributed by atoms with Gasteiger partial charge in [0.1, 0.15) is 16.8 Å². The fourth-order valence-electron chi connectivity index (χ4n) is 3.92. The number of anilines is 1. The zero-order chi connectivity index (χ0) is 22.5. The van der Waals surface area contributed by atoms with Crippen molar-refractivity contribution in [2.75, 3.05) is 25.1 Å². The summed E-state index contributed by atoms with van der Waals surface area (Å²) in [4.78, 5) is 22.2. The van der Waals surface area contributed by atoms with E-state index in [0.717, 1.165) is 25.0 Å². The molecule has 10 heteroatoms. The Morgan fingerprint density at radius 2 is 1.97 bits per heavy atom. The first-order valence-corrected chi connectivity index (χ1v) is 10.4. The van der Waals surface area contributed by atoms with Crippen LogP contribution in [-0.2, 0) is 10.9 Å². The molecule has 3 heterocycles. The number of halogens is 3. The summed E-state index contributed by atoms with van der Waals surface area (Å²) in [6, 6.07) is 4.77. The first kappa shape index (κ1) is 20.9. The molecule has 1 saturated carbocycles. The molecule has 1 saturated heterocycles. The van der Waals surface area contributed by atoms with Crippen LogP contribution < -0.4 is 10.9 Å². The lowest BCUT2D eigenvalue weighted by molar-refractivity contribution is -0.137. The summed E-state index contributed by atoms with van der Waals surface area (Å²) in [6.07, 6.45) is 0.769. The van der Waals surface area contributed by atoms with Crippen molar-refractivity contribution in [3.05, 3.63) is 52.7 Å². The van der Waals surface area contributed by atoms with E-state index < -0.39 is 17.3 Å². The molecule has 168 valence electrons. The average molecular weight is 446 g/mol. The van der Waals surface area contributed by atoms with Gasteiger partial charge in [0.15, 0.2) is 0 Å². The molecule has 1 atom stereocenters. The minimum atomic E-state index is -4.44. The van der Waals surface area contributed by atoms with Gasteiger partial charge in [0, 0.05) is 37.4 Å². The van der Waals surface area contributed by atoms with Crippen molar-refractivity contribution in [3.8, 4) is 11.1 Å². The van der Waals surface area contributed by atoms with E-state index in [0.29, 0.717) is 29.7 Å². The first-order valence-electron chi connectivity index (χ1n) is 10.4. The van der Waals surface area contributed by atoms with E-state index in [2.05, 4.69) is 15.3 Å². The summed E-state index contributed by atoms with van der Waals surface area (Å²) in [5.41, 5.74) is -0.802. The standard InChI is InChI=1S/C22H21F3N4O3/c23-22(24,25)14-3-1-13(2-4-14)16-9-26-19(27-10-21(31)7-8-32-11-21)17-18(16)28-12-29(20(17)30)15-5-6-15/h1-4,9,12,15,31H,5-8,10-11H2,(H,26,27). The summed E-state index contributed by atoms with van der Waals surface area (Å²) in [5.74, 6) is 0.281. The predicted molar refractivity (Wildman–Crippen MR) is 111 cm³/mol. The summed E-state index contributed by atoms with van der Waals surface area (Å²) in [7, 11) is 0. The quantitative estimate of drug-likeness (QED) is 0.625. The van der Waals surface area contributed by atoms with Crippen LogP contribution in [0.2, 0.25) is 0 Å². The molecule has 2 aliphatic rings. The summed E-state index contributed by atoms with van der Waals surface area (Å²) >= 11 is 0. The Morgan fingerprint density at radius 3 is 2.59 bits per heavy atom. The van der Waals surface area contributed by atoms with Crippen molar-refractivity contribution in [2.45, 2.75) is 37.1 Å². The Labute approximate surface area is 180 Å². The minimum absolute atomic E-state index is 0.0920. The Bertz CT molecular complexity index is 1210. The fourth-order valence-corrected chi connectivity index (χ4v) is 3.92. The van der Waals surface area contributed by atoms with Gasteiger partial charge in [0.05, 0.1) is 24.0 Å². The molecule has 0 spiro atoms. The molecular weight excluding hydrogens is 425 g/mol. The minimum Gasteiger partial charge on any atom is -0.386 e. The van der Waals surface area contributed by atoms with Crippen LogP contribution in [-0.4, -0.2) is 45.0 Å². The number of nitrogens with zero attached hydrogens (tertiary/aromatic N) is 3. The van der Waals surface area contributed by atoms with Crippen molar-refractivity contribution in [3.63, 3.8) is 0 Å². The topological polar surface area (TPSA) is 89.3 Å². The van der Waals surface area contributed by atoms with Crippen LogP contribution in [0.25, 0.3) is 22.0 Å². The second kappa shape index (κ2) is 7.56. The number of fused-ring (bicyclic) bond motifs is 1. The van der Waals surface area contributed by atoms with Gasteiger partial charge in [-0.1, -0.05) is 12.1 Å². The molecule has 0 bridgehead atoms. The van der Waals surface area contributed by atoms with Gasteiger partial charge in [-0.2, -0.15) is 13.2 Å². The fraction of sp³-hybridized carbons (Fsp3) is 0.409. The normalized spacial score (nSPS) is 21.2. The molecule has 5 rings (SSSR count). The number of benzene rings is 1. The number of pyridine rings is 1. The number of alkyl halides is 3. The number of aromatic nitrogens is 3. The van der Waals surface area contributed by atoms with E-state index in [1.807, 2.05) is 0 Å². The van der Waals surface area contributed by atoms with Crippen molar-refractivity contribution in [1.29, 1.82) is 0 Å². The van der Waals surface area contributed by atoms with E-state index in [-0.39, 0.29) is 36.0 Å². The molecule has 0 amide bonds. The summed E-state index contributed by atoms with van der Waals surface area (Å²) < 4.78 is 45.7. The van der Waals surface area contributed by atoms with Crippen LogP contribution in [0.1, 0.15) is 30.9 Å². The highest BCUT2D eigenvalue weighted by molar-refractivity contribution is 5.98. The van der Waals surface area contributed by atoms with Crippen LogP contribution in [0.15, 0.2) is 41.6 Å². The Hall–Kier alpha value is -2.98. The van der Waals surface area contributed by atoms with Crippen molar-refractivity contribution >= 4 is 16.7 Å². The molecule has 7 nitrogen and oxygen atoms in total. The second-order valence-electron chi connectivity index (χ2n) is 8.39. The average Bonchev–Trinajstić information content (AvgIpc) is 3.52. The molecule has 32 heavy (non-hydrogen) atoms. The highest BCUT2D eigenvalue weighted by Gasteiger charge is 2.33. The van der Waals surface area contributed by atoms with E-state index in [9.17, 15) is 23.1 Å². The summed E-state index contributed by atoms with van der Waals surface area (Å²) in [5, 5.41) is 13.9. The van der Waals surface area contributed by atoms with Crippen LogP contribution in [0.4, 0.5) is 19.0 Å². The van der Waals surface area contributed by atoms with Crippen molar-refractivity contribution in [1.82, 2.24) is 14.5 Å². The molecule has 1 aliphatic heterocycles. The number of nitrogens with one attached hydrogen (secondary N) is 1. The molecule has 2 fully saturated rings. The third-order valence-corrected chi connectivity index (χ3v) is 5.94. The van der Waals surface area contributed by atoms with Gasteiger partial charge in [0.2, 0.25) is 0 Å². The number of rotatable bonds is 5. The maximum Gasteiger partial charge on any atom is 0.416 e. The SMILES string of the molecule is O=c1c2c(NCC3(O)CCOC3)ncc(-c3ccc(C(F)(F)F)cc3)c2ncn1C1CC1. The predicted octanol–water partition coefficient (Wildman–Crippen LogP) is 3.38. The third-order valence-electron chi connectivity index (χ3n) is 5.94. The van der Waals surface area contributed by atoms with Gasteiger partial charge in [-0.15, -0.1) is 0 Å². The van der Waals surface area contributed by atoms with Crippen molar-refractivity contribution in [2.24, 2.45) is 0 Å². The largest absolute Gasteiger partial charge is 0.416 e. The third kappa shape index (κ3) is 3.84. The zero-order valence-corrected chi connectivity index (χ0v) is 17.0. The van der Waals surface area contributed by atoms with Crippen molar-refractivity contribution < 1.29 is 23.0 Å². The second-order valence-corrected chi connectivity index (χ2v) is 8.39. The molecular formula is C22H21F3N4O3. The molecule has 1 aromatic carbocycles. The highest BCUT2D eigenvalue weighted by atomic mass is 19.4. The lowest BCUT2D eigenvalue weighted by Crippen LogP contribution is -2.37. The lowest BCUT2D eigenvalue weighted by atomic mass is 10.0. The molecule has 1 aliphatic carbocycles. The van der Waals surface area contributed by atoms with Gasteiger partial charge in [-0.05, 0) is 30.5 Å². The maximum atomic E-state index is 13.3. The van der Waals surface area contributed by atoms with E-state index >= 15 is 0 Å². The van der Waals surface area contributed by atoms with E-state index in [1.165, 1.54) is 24.7 Å². The number of hydrogen-bond donors (Lipinski definition) is 2. The lowest BCUT2D eigenvalue weighted by Gasteiger charge is -2.21. The molecule has 0 radical (unpaired) electrons. The first-order chi connectivity index (χ1) is 15.3. The number of hydrogen-bond acceptors (Lipinski definition) is 6. The summed E-state index contributed by atoms with van der Waals surface area (Å²) in [6.45, 7) is 0.786. The zero-order valence-electron chi connectivity index (χ0n) is 17.0. The van der Waals surface area contributed by atoms with Gasteiger partial charge >= 0.3 is 6.18 Å². The Morgan fingerprint density at radius 1 is 1.22 bits per heavy atom. The van der Waals surface area contributed by atoms with Crippen LogP contribution in [0.5, 0.6) is 0 Å². The number of aliphatic hydroxyl groups is 1. The Kier molecular flexibility index (Phi) is 4.94. The van der Waals surface area contributed by atoms with Gasteiger partial charge in [-0.25, -0.2) is 9.97 Å². The molecule has 2 N–H and O–H groups in total. The van der Waals surface area contributed by atoms with E-state index in [4.69, 9.17) is 4.74 Å². The number of ether oxygens (including phenoxy) is 1. The molecule has 2 aromatic heterocycles. The smallest absolute Gasteiger partial charge is 0.386 e. The van der Waals surface area contributed by atoms with Crippen LogP contribution in [0.3, 0.4) is 0 Å².